The highest BCUT2D eigenvalue weighted by atomic mass is 79.9. The molecular formula is C9H15BrN4O. The number of likely N-dealkylation sites (N-methyl/N-ethyl adjacent to an activating group) is 1. The molecule has 0 atom stereocenters. The number of anilines is 1. The van der Waals surface area contributed by atoms with Crippen LogP contribution in [0.15, 0.2) is 10.8 Å². The van der Waals surface area contributed by atoms with Gasteiger partial charge in [-0.2, -0.15) is 0 Å². The lowest BCUT2D eigenvalue weighted by molar-refractivity contribution is 0.252. The number of rotatable bonds is 5. The van der Waals surface area contributed by atoms with E-state index in [2.05, 4.69) is 31.2 Å². The number of hydrogen-bond donors (Lipinski definition) is 1. The van der Waals surface area contributed by atoms with Crippen molar-refractivity contribution in [2.75, 3.05) is 39.6 Å². The number of nitrogens with zero attached hydrogens (tertiary/aromatic N) is 3. The van der Waals surface area contributed by atoms with Crippen LogP contribution in [0.4, 0.5) is 5.82 Å². The number of halogens is 1. The molecule has 0 aliphatic carbocycles. The van der Waals surface area contributed by atoms with Gasteiger partial charge in [0.25, 0.3) is 0 Å². The Morgan fingerprint density at radius 2 is 2.20 bits per heavy atom. The van der Waals surface area contributed by atoms with Crippen molar-refractivity contribution in [2.24, 2.45) is 0 Å². The molecule has 84 valence electrons. The molecule has 0 radical (unpaired) electrons. The first kappa shape index (κ1) is 12.2. The van der Waals surface area contributed by atoms with E-state index in [9.17, 15) is 0 Å². The summed E-state index contributed by atoms with van der Waals surface area (Å²) < 4.78 is 6.27. The van der Waals surface area contributed by atoms with E-state index in [1.807, 2.05) is 19.0 Å². The Balaban J connectivity index is 2.61. The molecule has 6 heteroatoms. The molecule has 0 aliphatic rings. The van der Waals surface area contributed by atoms with Crippen LogP contribution in [0.5, 0.6) is 5.88 Å². The summed E-state index contributed by atoms with van der Waals surface area (Å²) in [7, 11) is 5.80. The van der Waals surface area contributed by atoms with Crippen LogP contribution in [0.2, 0.25) is 0 Å². The second-order valence-corrected chi connectivity index (χ2v) is 4.04. The predicted molar refractivity (Wildman–Crippen MR) is 63.3 cm³/mol. The third-order valence-electron chi connectivity index (χ3n) is 1.77. The molecule has 0 spiro atoms. The summed E-state index contributed by atoms with van der Waals surface area (Å²) in [5, 5.41) is 2.95. The monoisotopic (exact) mass is 274 g/mol. The maximum atomic E-state index is 5.51. The van der Waals surface area contributed by atoms with Crippen LogP contribution in [0, 0.1) is 0 Å². The van der Waals surface area contributed by atoms with Crippen molar-refractivity contribution in [1.29, 1.82) is 0 Å². The van der Waals surface area contributed by atoms with Gasteiger partial charge in [-0.3, -0.25) is 0 Å². The molecule has 15 heavy (non-hydrogen) atoms. The van der Waals surface area contributed by atoms with Gasteiger partial charge in [-0.05, 0) is 30.0 Å². The zero-order valence-electron chi connectivity index (χ0n) is 9.12. The van der Waals surface area contributed by atoms with Gasteiger partial charge < -0.3 is 15.0 Å². The van der Waals surface area contributed by atoms with Crippen molar-refractivity contribution < 1.29 is 4.74 Å². The summed E-state index contributed by atoms with van der Waals surface area (Å²) in [6.07, 6.45) is 1.47. The topological polar surface area (TPSA) is 50.3 Å². The minimum Gasteiger partial charge on any atom is -0.475 e. The summed E-state index contributed by atoms with van der Waals surface area (Å²) in [6, 6.07) is 0. The molecule has 1 heterocycles. The van der Waals surface area contributed by atoms with Crippen LogP contribution in [-0.2, 0) is 0 Å². The number of nitrogens with one attached hydrogen (secondary N) is 1. The zero-order valence-corrected chi connectivity index (χ0v) is 10.7. The van der Waals surface area contributed by atoms with E-state index in [1.165, 1.54) is 6.33 Å². The molecule has 1 rings (SSSR count). The molecule has 1 N–H and O–H groups in total. The van der Waals surface area contributed by atoms with Gasteiger partial charge in [0.05, 0.1) is 0 Å². The van der Waals surface area contributed by atoms with Crippen LogP contribution < -0.4 is 10.1 Å². The minimum absolute atomic E-state index is 0.566. The van der Waals surface area contributed by atoms with Crippen LogP contribution in [0.25, 0.3) is 0 Å². The van der Waals surface area contributed by atoms with E-state index < -0.39 is 0 Å². The Morgan fingerprint density at radius 1 is 1.47 bits per heavy atom. The molecule has 1 aromatic rings. The van der Waals surface area contributed by atoms with Crippen molar-refractivity contribution in [3.63, 3.8) is 0 Å². The Hall–Kier alpha value is -0.880. The van der Waals surface area contributed by atoms with Crippen LogP contribution in [-0.4, -0.2) is 49.2 Å². The van der Waals surface area contributed by atoms with E-state index in [0.29, 0.717) is 12.5 Å². The van der Waals surface area contributed by atoms with Gasteiger partial charge in [0.2, 0.25) is 5.88 Å². The van der Waals surface area contributed by atoms with Crippen molar-refractivity contribution >= 4 is 21.7 Å². The molecule has 0 aliphatic heterocycles. The molecule has 0 amide bonds. The molecule has 0 saturated carbocycles. The lowest BCUT2D eigenvalue weighted by atomic mass is 10.5. The molecule has 0 unspecified atom stereocenters. The Labute approximate surface area is 98.0 Å². The maximum Gasteiger partial charge on any atom is 0.233 e. The summed E-state index contributed by atoms with van der Waals surface area (Å²) in [5.74, 6) is 1.29. The van der Waals surface area contributed by atoms with Gasteiger partial charge in [0, 0.05) is 13.6 Å². The summed E-state index contributed by atoms with van der Waals surface area (Å²) >= 11 is 3.38. The van der Waals surface area contributed by atoms with Gasteiger partial charge in [0.1, 0.15) is 23.2 Å². The van der Waals surface area contributed by atoms with Crippen LogP contribution in [0.3, 0.4) is 0 Å². The van der Waals surface area contributed by atoms with Crippen molar-refractivity contribution in [1.82, 2.24) is 14.9 Å². The lowest BCUT2D eigenvalue weighted by Gasteiger charge is -2.12. The van der Waals surface area contributed by atoms with E-state index in [-0.39, 0.29) is 0 Å². The van der Waals surface area contributed by atoms with Crippen molar-refractivity contribution in [3.05, 3.63) is 10.8 Å². The largest absolute Gasteiger partial charge is 0.475 e. The van der Waals surface area contributed by atoms with Crippen LogP contribution >= 0.6 is 15.9 Å². The SMILES string of the molecule is CNc1ncnc(OCCN(C)C)c1Br. The summed E-state index contributed by atoms with van der Waals surface area (Å²) in [4.78, 5) is 10.1. The molecule has 0 saturated heterocycles. The fraction of sp³-hybridized carbons (Fsp3) is 0.556. The third-order valence-corrected chi connectivity index (χ3v) is 2.49. The Kier molecular flexibility index (Phi) is 4.77. The first-order chi connectivity index (χ1) is 7.15. The van der Waals surface area contributed by atoms with E-state index in [1.54, 1.807) is 7.05 Å². The molecule has 1 aromatic heterocycles. The van der Waals surface area contributed by atoms with Gasteiger partial charge in [-0.15, -0.1) is 0 Å². The molecule has 5 nitrogen and oxygen atoms in total. The quantitative estimate of drug-likeness (QED) is 0.875. The number of aromatic nitrogens is 2. The number of ether oxygens (including phenoxy) is 1. The minimum atomic E-state index is 0.566. The van der Waals surface area contributed by atoms with Crippen LogP contribution in [0.1, 0.15) is 0 Å². The predicted octanol–water partition coefficient (Wildman–Crippen LogP) is 1.22. The van der Waals surface area contributed by atoms with Gasteiger partial charge in [-0.1, -0.05) is 0 Å². The normalized spacial score (nSPS) is 10.5. The Morgan fingerprint density at radius 3 is 2.80 bits per heavy atom. The fourth-order valence-electron chi connectivity index (χ4n) is 0.953. The van der Waals surface area contributed by atoms with E-state index in [4.69, 9.17) is 4.74 Å². The van der Waals surface area contributed by atoms with Gasteiger partial charge >= 0.3 is 0 Å². The first-order valence-corrected chi connectivity index (χ1v) is 5.40. The summed E-state index contributed by atoms with van der Waals surface area (Å²) in [6.45, 7) is 1.46. The smallest absolute Gasteiger partial charge is 0.233 e. The molecule has 0 bridgehead atoms. The highest BCUT2D eigenvalue weighted by Crippen LogP contribution is 2.27. The lowest BCUT2D eigenvalue weighted by Crippen LogP contribution is -2.19. The second kappa shape index (κ2) is 5.87. The zero-order chi connectivity index (χ0) is 11.3. The van der Waals surface area contributed by atoms with E-state index in [0.717, 1.165) is 16.8 Å². The molecule has 0 aromatic carbocycles. The number of hydrogen-bond acceptors (Lipinski definition) is 5. The van der Waals surface area contributed by atoms with E-state index >= 15 is 0 Å². The average molecular weight is 275 g/mol. The fourth-order valence-corrected chi connectivity index (χ4v) is 1.47. The van der Waals surface area contributed by atoms with Gasteiger partial charge in [0.15, 0.2) is 0 Å². The first-order valence-electron chi connectivity index (χ1n) is 4.61. The molecule has 0 fully saturated rings. The second-order valence-electron chi connectivity index (χ2n) is 3.24. The average Bonchev–Trinajstić information content (AvgIpc) is 2.20. The van der Waals surface area contributed by atoms with Gasteiger partial charge in [-0.25, -0.2) is 9.97 Å². The maximum absolute atomic E-state index is 5.51. The molecular weight excluding hydrogens is 260 g/mol. The Bertz CT molecular complexity index is 319. The standard InChI is InChI=1S/C9H15BrN4O/c1-11-8-7(10)9(13-6-12-8)15-5-4-14(2)3/h6H,4-5H2,1-3H3,(H,11,12,13). The van der Waals surface area contributed by atoms with Crippen molar-refractivity contribution in [3.8, 4) is 5.88 Å². The third kappa shape index (κ3) is 3.64. The van der Waals surface area contributed by atoms with Crippen molar-refractivity contribution in [2.45, 2.75) is 0 Å². The highest BCUT2D eigenvalue weighted by molar-refractivity contribution is 9.10. The highest BCUT2D eigenvalue weighted by Gasteiger charge is 2.08. The summed E-state index contributed by atoms with van der Waals surface area (Å²) in [5.41, 5.74) is 0.